The van der Waals surface area contributed by atoms with Crippen molar-refractivity contribution in [2.75, 3.05) is 18.6 Å². The topological polar surface area (TPSA) is 84.9 Å². The minimum atomic E-state index is -0.762. The monoisotopic (exact) mass is 394 g/mol. The van der Waals surface area contributed by atoms with E-state index in [1.807, 2.05) is 26.0 Å². The molecule has 2 aromatic carbocycles. The lowest BCUT2D eigenvalue weighted by molar-refractivity contribution is -0.122. The van der Waals surface area contributed by atoms with Crippen molar-refractivity contribution in [3.63, 3.8) is 0 Å². The fourth-order valence-electron chi connectivity index (χ4n) is 3.12. The third kappa shape index (κ3) is 3.99. The summed E-state index contributed by atoms with van der Waals surface area (Å²) in [5.41, 5.74) is 1.72. The van der Waals surface area contributed by atoms with E-state index in [0.29, 0.717) is 35.8 Å². The molecule has 1 saturated heterocycles. The van der Waals surface area contributed by atoms with Crippen LogP contribution in [0.15, 0.2) is 48.0 Å². The highest BCUT2D eigenvalue weighted by Crippen LogP contribution is 2.30. The fraction of sp³-hybridized carbons (Fsp3) is 0.227. The van der Waals surface area contributed by atoms with Gasteiger partial charge in [-0.3, -0.25) is 14.9 Å². The first-order chi connectivity index (χ1) is 14.0. The van der Waals surface area contributed by atoms with Gasteiger partial charge < -0.3 is 9.47 Å². The number of para-hydroxylation sites is 1. The number of hydrogen-bond donors (Lipinski definition) is 1. The maximum absolute atomic E-state index is 13.1. The molecule has 1 aliphatic heterocycles. The summed E-state index contributed by atoms with van der Waals surface area (Å²) in [4.78, 5) is 38.8. The van der Waals surface area contributed by atoms with Crippen molar-refractivity contribution in [2.24, 2.45) is 0 Å². The number of benzene rings is 2. The number of carbonyl (C=O) groups excluding carboxylic acids is 3. The second-order valence-electron chi connectivity index (χ2n) is 6.28. The molecule has 3 rings (SSSR count). The second kappa shape index (κ2) is 8.60. The van der Waals surface area contributed by atoms with Crippen molar-refractivity contribution < 1.29 is 23.9 Å². The molecule has 0 unspecified atom stereocenters. The number of nitrogens with one attached hydrogen (secondary N) is 1. The Balaban J connectivity index is 2.02. The van der Waals surface area contributed by atoms with Gasteiger partial charge in [-0.15, -0.1) is 0 Å². The summed E-state index contributed by atoms with van der Waals surface area (Å²) in [5, 5.41) is 2.24. The second-order valence-corrected chi connectivity index (χ2v) is 6.28. The number of carbonyl (C=O) groups is 3. The molecule has 1 heterocycles. The largest absolute Gasteiger partial charge is 0.493 e. The maximum Gasteiger partial charge on any atom is 0.335 e. The average molecular weight is 394 g/mol. The van der Waals surface area contributed by atoms with Gasteiger partial charge in [0.2, 0.25) is 0 Å². The summed E-state index contributed by atoms with van der Waals surface area (Å²) >= 11 is 0. The van der Waals surface area contributed by atoms with Gasteiger partial charge in [0.1, 0.15) is 5.57 Å². The number of nitrogens with zero attached hydrogens (tertiary/aromatic N) is 1. The van der Waals surface area contributed by atoms with Gasteiger partial charge in [-0.1, -0.05) is 31.2 Å². The maximum atomic E-state index is 13.1. The molecule has 0 bridgehead atoms. The van der Waals surface area contributed by atoms with Gasteiger partial charge in [0, 0.05) is 0 Å². The van der Waals surface area contributed by atoms with Gasteiger partial charge in [-0.05, 0) is 48.7 Å². The van der Waals surface area contributed by atoms with E-state index in [9.17, 15) is 14.4 Å². The third-order valence-electron chi connectivity index (χ3n) is 4.51. The van der Waals surface area contributed by atoms with Crippen LogP contribution in [0.25, 0.3) is 6.08 Å². The zero-order valence-corrected chi connectivity index (χ0v) is 16.5. The van der Waals surface area contributed by atoms with Gasteiger partial charge in [0.15, 0.2) is 11.5 Å². The summed E-state index contributed by atoms with van der Waals surface area (Å²) in [6, 6.07) is 11.4. The van der Waals surface area contributed by atoms with Gasteiger partial charge in [-0.2, -0.15) is 0 Å². The lowest BCUT2D eigenvalue weighted by Crippen LogP contribution is -2.54. The average Bonchev–Trinajstić information content (AvgIpc) is 2.72. The molecule has 0 radical (unpaired) electrons. The van der Waals surface area contributed by atoms with Gasteiger partial charge in [-0.25, -0.2) is 9.69 Å². The molecule has 0 saturated carbocycles. The Bertz CT molecular complexity index is 996. The Kier molecular flexibility index (Phi) is 5.97. The number of imide groups is 2. The molecule has 0 spiro atoms. The molecular weight excluding hydrogens is 372 g/mol. The molecule has 150 valence electrons. The number of rotatable bonds is 6. The highest BCUT2D eigenvalue weighted by Gasteiger charge is 2.37. The van der Waals surface area contributed by atoms with Gasteiger partial charge >= 0.3 is 6.03 Å². The van der Waals surface area contributed by atoms with Crippen molar-refractivity contribution in [2.45, 2.75) is 20.3 Å². The van der Waals surface area contributed by atoms with Crippen LogP contribution >= 0.6 is 0 Å². The predicted octanol–water partition coefficient (Wildman–Crippen LogP) is 3.32. The predicted molar refractivity (Wildman–Crippen MR) is 109 cm³/mol. The van der Waals surface area contributed by atoms with Crippen LogP contribution in [0, 0.1) is 0 Å². The van der Waals surface area contributed by atoms with Crippen molar-refractivity contribution in [3.8, 4) is 11.5 Å². The fourth-order valence-corrected chi connectivity index (χ4v) is 3.12. The Morgan fingerprint density at radius 1 is 1.03 bits per heavy atom. The van der Waals surface area contributed by atoms with E-state index >= 15 is 0 Å². The summed E-state index contributed by atoms with van der Waals surface area (Å²) in [7, 11) is 1.51. The minimum absolute atomic E-state index is 0.137. The summed E-state index contributed by atoms with van der Waals surface area (Å²) in [5.74, 6) is -0.370. The van der Waals surface area contributed by atoms with Crippen LogP contribution < -0.4 is 19.7 Å². The minimum Gasteiger partial charge on any atom is -0.493 e. The molecule has 2 aromatic rings. The summed E-state index contributed by atoms with van der Waals surface area (Å²) in [6.07, 6.45) is 2.07. The Hall–Kier alpha value is -3.61. The number of ether oxygens (including phenoxy) is 2. The van der Waals surface area contributed by atoms with Crippen LogP contribution in [0.5, 0.6) is 11.5 Å². The number of aryl methyl sites for hydroxylation is 1. The van der Waals surface area contributed by atoms with E-state index in [4.69, 9.17) is 9.47 Å². The van der Waals surface area contributed by atoms with E-state index < -0.39 is 17.8 Å². The number of urea groups is 1. The molecule has 29 heavy (non-hydrogen) atoms. The van der Waals surface area contributed by atoms with Crippen molar-refractivity contribution in [1.29, 1.82) is 0 Å². The highest BCUT2D eigenvalue weighted by molar-refractivity contribution is 6.39. The molecule has 1 N–H and O–H groups in total. The third-order valence-corrected chi connectivity index (χ3v) is 4.51. The molecule has 1 fully saturated rings. The molecule has 1 aliphatic rings. The normalized spacial score (nSPS) is 15.5. The van der Waals surface area contributed by atoms with Crippen LogP contribution in [-0.2, 0) is 16.0 Å². The molecule has 0 aromatic heterocycles. The van der Waals surface area contributed by atoms with Gasteiger partial charge in [0.25, 0.3) is 11.8 Å². The molecule has 7 nitrogen and oxygen atoms in total. The van der Waals surface area contributed by atoms with Crippen LogP contribution in [-0.4, -0.2) is 31.6 Å². The van der Waals surface area contributed by atoms with Gasteiger partial charge in [0.05, 0.1) is 19.4 Å². The molecule has 0 aliphatic carbocycles. The van der Waals surface area contributed by atoms with Crippen molar-refractivity contribution in [3.05, 3.63) is 59.2 Å². The van der Waals surface area contributed by atoms with Crippen LogP contribution in [0.3, 0.4) is 0 Å². The number of hydrogen-bond acceptors (Lipinski definition) is 5. The molecule has 0 atom stereocenters. The number of amides is 4. The highest BCUT2D eigenvalue weighted by atomic mass is 16.5. The smallest absolute Gasteiger partial charge is 0.335 e. The first kappa shape index (κ1) is 20.1. The Labute approximate surface area is 168 Å². The zero-order valence-electron chi connectivity index (χ0n) is 16.5. The summed E-state index contributed by atoms with van der Waals surface area (Å²) in [6.45, 7) is 4.27. The lowest BCUT2D eigenvalue weighted by Gasteiger charge is -2.28. The lowest BCUT2D eigenvalue weighted by atomic mass is 10.0. The first-order valence-corrected chi connectivity index (χ1v) is 9.30. The Morgan fingerprint density at radius 3 is 2.48 bits per heavy atom. The van der Waals surface area contributed by atoms with E-state index in [2.05, 4.69) is 5.32 Å². The van der Waals surface area contributed by atoms with Crippen LogP contribution in [0.2, 0.25) is 0 Å². The van der Waals surface area contributed by atoms with Crippen molar-refractivity contribution in [1.82, 2.24) is 5.32 Å². The van der Waals surface area contributed by atoms with E-state index in [0.717, 1.165) is 10.5 Å². The van der Waals surface area contributed by atoms with E-state index in [1.54, 1.807) is 30.3 Å². The van der Waals surface area contributed by atoms with Crippen molar-refractivity contribution >= 4 is 29.6 Å². The number of methoxy groups -OCH3 is 1. The van der Waals surface area contributed by atoms with E-state index in [1.165, 1.54) is 13.2 Å². The van der Waals surface area contributed by atoms with Crippen LogP contribution in [0.4, 0.5) is 10.5 Å². The standard InChI is InChI=1S/C22H22N2O5/c1-4-15-8-6-7-9-17(15)24-21(26)16(20(25)23-22(24)27)12-14-10-11-18(29-5-2)19(13-14)28-3/h6-13H,4-5H2,1-3H3,(H,23,25,27)/b16-12-. The zero-order chi connectivity index (χ0) is 21.0. The Morgan fingerprint density at radius 2 is 1.79 bits per heavy atom. The molecule has 4 amide bonds. The SMILES string of the molecule is CCOc1ccc(/C=C2/C(=O)NC(=O)N(c3ccccc3CC)C2=O)cc1OC. The van der Waals surface area contributed by atoms with Crippen LogP contribution in [0.1, 0.15) is 25.0 Å². The number of anilines is 1. The number of barbiturate groups is 1. The quantitative estimate of drug-likeness (QED) is 0.600. The molecular formula is C22H22N2O5. The first-order valence-electron chi connectivity index (χ1n) is 9.30. The summed E-state index contributed by atoms with van der Waals surface area (Å²) < 4.78 is 10.8. The van der Waals surface area contributed by atoms with E-state index in [-0.39, 0.29) is 5.57 Å². The molecule has 7 heteroatoms.